The Bertz CT molecular complexity index is 596. The molecule has 17 heavy (non-hydrogen) atoms. The molecule has 5 nitrogen and oxygen atoms in total. The predicted octanol–water partition coefficient (Wildman–Crippen LogP) is 1.31. The number of phenols is 1. The number of hydrogen-bond acceptors (Lipinski definition) is 5. The molecule has 0 radical (unpaired) electrons. The van der Waals surface area contributed by atoms with Crippen molar-refractivity contribution < 1.29 is 18.3 Å². The molecule has 1 rings (SSSR count). The molecule has 1 aromatic carbocycles. The Kier molecular flexibility index (Phi) is 3.76. The Balaban J connectivity index is 3.24. The number of phenolic OH excluding ortho intramolecular Hbond substituents is 1. The van der Waals surface area contributed by atoms with Gasteiger partial charge in [0.1, 0.15) is 11.0 Å². The van der Waals surface area contributed by atoms with E-state index in [-0.39, 0.29) is 16.4 Å². The number of benzene rings is 1. The third kappa shape index (κ3) is 3.23. The van der Waals surface area contributed by atoms with Crippen molar-refractivity contribution in [2.45, 2.75) is 0 Å². The summed E-state index contributed by atoms with van der Waals surface area (Å²) >= 11 is 0. The normalized spacial score (nSPS) is 11.9. The summed E-state index contributed by atoms with van der Waals surface area (Å²) in [6.07, 6.45) is 2.14. The van der Waals surface area contributed by atoms with E-state index >= 15 is 0 Å². The second-order valence-corrected chi connectivity index (χ2v) is 5.31. The van der Waals surface area contributed by atoms with Gasteiger partial charge in [0, 0.05) is 6.26 Å². The van der Waals surface area contributed by atoms with Crippen molar-refractivity contribution in [3.8, 4) is 17.6 Å². The summed E-state index contributed by atoms with van der Waals surface area (Å²) < 4.78 is 27.2. The fourth-order valence-electron chi connectivity index (χ4n) is 1.17. The minimum Gasteiger partial charge on any atom is -0.504 e. The minimum absolute atomic E-state index is 0.118. The van der Waals surface area contributed by atoms with Crippen LogP contribution in [0.5, 0.6) is 11.5 Å². The van der Waals surface area contributed by atoms with Crippen LogP contribution >= 0.6 is 0 Å². The third-order valence-corrected chi connectivity index (χ3v) is 3.02. The van der Waals surface area contributed by atoms with Gasteiger partial charge in [0.25, 0.3) is 0 Å². The Morgan fingerprint density at radius 1 is 1.53 bits per heavy atom. The zero-order chi connectivity index (χ0) is 13.1. The molecule has 0 fully saturated rings. The number of sulfone groups is 1. The number of allylic oxidation sites excluding steroid dienone is 1. The van der Waals surface area contributed by atoms with Crippen molar-refractivity contribution in [1.82, 2.24) is 0 Å². The van der Waals surface area contributed by atoms with E-state index < -0.39 is 9.84 Å². The molecule has 0 aliphatic rings. The molecule has 6 heteroatoms. The van der Waals surface area contributed by atoms with Gasteiger partial charge in [0.15, 0.2) is 21.3 Å². The van der Waals surface area contributed by atoms with Crippen LogP contribution in [0.3, 0.4) is 0 Å². The van der Waals surface area contributed by atoms with E-state index in [4.69, 9.17) is 10.00 Å². The summed E-state index contributed by atoms with van der Waals surface area (Å²) in [6.45, 7) is 0. The van der Waals surface area contributed by atoms with Crippen LogP contribution in [0.2, 0.25) is 0 Å². The molecule has 90 valence electrons. The average molecular weight is 253 g/mol. The molecule has 0 aliphatic heterocycles. The quantitative estimate of drug-likeness (QED) is 0.820. The Morgan fingerprint density at radius 2 is 2.18 bits per heavy atom. The number of ether oxygens (including phenoxy) is 1. The van der Waals surface area contributed by atoms with Crippen LogP contribution in [0.1, 0.15) is 5.56 Å². The maximum Gasteiger partial charge on any atom is 0.185 e. The highest BCUT2D eigenvalue weighted by atomic mass is 32.2. The zero-order valence-electron chi connectivity index (χ0n) is 9.34. The van der Waals surface area contributed by atoms with Gasteiger partial charge in [-0.1, -0.05) is 6.07 Å². The lowest BCUT2D eigenvalue weighted by Gasteiger charge is -2.03. The van der Waals surface area contributed by atoms with E-state index in [1.807, 2.05) is 0 Å². The van der Waals surface area contributed by atoms with Crippen molar-refractivity contribution in [3.63, 3.8) is 0 Å². The fourth-order valence-corrected chi connectivity index (χ4v) is 1.69. The molecule has 0 saturated heterocycles. The summed E-state index contributed by atoms with van der Waals surface area (Å²) in [4.78, 5) is -0.359. The SMILES string of the molecule is COc1ccc(/C=C(\C#N)S(C)(=O)=O)cc1O. The van der Waals surface area contributed by atoms with Crippen molar-refractivity contribution in [2.75, 3.05) is 13.4 Å². The van der Waals surface area contributed by atoms with Crippen molar-refractivity contribution in [2.24, 2.45) is 0 Å². The van der Waals surface area contributed by atoms with Crippen molar-refractivity contribution >= 4 is 15.9 Å². The fraction of sp³-hybridized carbons (Fsp3) is 0.182. The van der Waals surface area contributed by atoms with Crippen LogP contribution in [0, 0.1) is 11.3 Å². The van der Waals surface area contributed by atoms with Gasteiger partial charge in [-0.05, 0) is 23.8 Å². The van der Waals surface area contributed by atoms with Gasteiger partial charge in [0.2, 0.25) is 0 Å². The number of hydrogen-bond donors (Lipinski definition) is 1. The molecule has 1 N–H and O–H groups in total. The van der Waals surface area contributed by atoms with Crippen molar-refractivity contribution in [1.29, 1.82) is 5.26 Å². The van der Waals surface area contributed by atoms with Crippen LogP contribution < -0.4 is 4.74 Å². The molecule has 0 spiro atoms. The monoisotopic (exact) mass is 253 g/mol. The molecule has 0 unspecified atom stereocenters. The highest BCUT2D eigenvalue weighted by molar-refractivity contribution is 7.95. The Hall–Kier alpha value is -2.00. The van der Waals surface area contributed by atoms with Gasteiger partial charge in [0.05, 0.1) is 7.11 Å². The standard InChI is InChI=1S/C11H11NO4S/c1-16-11-4-3-8(6-10(11)13)5-9(7-12)17(2,14)15/h3-6,13H,1-2H3/b9-5+. The summed E-state index contributed by atoms with van der Waals surface area (Å²) in [5, 5.41) is 18.2. The molecule has 0 atom stereocenters. The molecule has 0 aromatic heterocycles. The van der Waals surface area contributed by atoms with Gasteiger partial charge < -0.3 is 9.84 Å². The van der Waals surface area contributed by atoms with E-state index in [1.165, 1.54) is 25.3 Å². The van der Waals surface area contributed by atoms with E-state index in [1.54, 1.807) is 12.1 Å². The maximum absolute atomic E-state index is 11.2. The summed E-state index contributed by atoms with van der Waals surface area (Å²) in [5.41, 5.74) is 0.408. The second kappa shape index (κ2) is 4.89. The zero-order valence-corrected chi connectivity index (χ0v) is 10.2. The molecule has 0 saturated carbocycles. The number of nitriles is 1. The smallest absolute Gasteiger partial charge is 0.185 e. The summed E-state index contributed by atoms with van der Waals surface area (Å²) in [6, 6.07) is 5.95. The van der Waals surface area contributed by atoms with E-state index in [2.05, 4.69) is 0 Å². The first kappa shape index (κ1) is 13.1. The highest BCUT2D eigenvalue weighted by Gasteiger charge is 2.11. The molecule has 0 aliphatic carbocycles. The molecular formula is C11H11NO4S. The largest absolute Gasteiger partial charge is 0.504 e. The number of methoxy groups -OCH3 is 1. The van der Waals surface area contributed by atoms with Crippen LogP contribution in [0.4, 0.5) is 0 Å². The topological polar surface area (TPSA) is 87.4 Å². The van der Waals surface area contributed by atoms with E-state index in [0.717, 1.165) is 6.26 Å². The molecular weight excluding hydrogens is 242 g/mol. The highest BCUT2D eigenvalue weighted by Crippen LogP contribution is 2.27. The van der Waals surface area contributed by atoms with Gasteiger partial charge in [-0.25, -0.2) is 8.42 Å². The van der Waals surface area contributed by atoms with Gasteiger partial charge >= 0.3 is 0 Å². The molecule has 0 bridgehead atoms. The predicted molar refractivity (Wildman–Crippen MR) is 63.1 cm³/mol. The van der Waals surface area contributed by atoms with Crippen LogP contribution in [0.25, 0.3) is 6.08 Å². The molecule has 1 aromatic rings. The first-order valence-corrected chi connectivity index (χ1v) is 6.46. The van der Waals surface area contributed by atoms with Gasteiger partial charge in [-0.3, -0.25) is 0 Å². The second-order valence-electron chi connectivity index (χ2n) is 3.32. The first-order chi connectivity index (χ1) is 7.88. The van der Waals surface area contributed by atoms with Gasteiger partial charge in [-0.15, -0.1) is 0 Å². The van der Waals surface area contributed by atoms with Crippen LogP contribution in [-0.2, 0) is 9.84 Å². The first-order valence-electron chi connectivity index (χ1n) is 4.57. The maximum atomic E-state index is 11.2. The summed E-state index contributed by atoms with van der Waals surface area (Å²) in [7, 11) is -2.15. The van der Waals surface area contributed by atoms with E-state index in [0.29, 0.717) is 5.56 Å². The lowest BCUT2D eigenvalue weighted by Crippen LogP contribution is -1.98. The minimum atomic E-state index is -3.55. The van der Waals surface area contributed by atoms with Crippen LogP contribution in [-0.4, -0.2) is 26.9 Å². The third-order valence-electron chi connectivity index (χ3n) is 2.01. The molecule has 0 amide bonds. The lowest BCUT2D eigenvalue weighted by atomic mass is 10.2. The number of aromatic hydroxyl groups is 1. The lowest BCUT2D eigenvalue weighted by molar-refractivity contribution is 0.373. The number of nitrogens with zero attached hydrogens (tertiary/aromatic N) is 1. The Labute approximate surface area is 99.5 Å². The molecule has 0 heterocycles. The van der Waals surface area contributed by atoms with Crippen molar-refractivity contribution in [3.05, 3.63) is 28.7 Å². The van der Waals surface area contributed by atoms with Crippen LogP contribution in [0.15, 0.2) is 23.1 Å². The van der Waals surface area contributed by atoms with Gasteiger partial charge in [-0.2, -0.15) is 5.26 Å². The summed E-state index contributed by atoms with van der Waals surface area (Å²) in [5.74, 6) is 0.159. The average Bonchev–Trinajstić information content (AvgIpc) is 2.24. The Morgan fingerprint density at radius 3 is 2.59 bits per heavy atom. The number of rotatable bonds is 3. The van der Waals surface area contributed by atoms with E-state index in [9.17, 15) is 13.5 Å².